The van der Waals surface area contributed by atoms with E-state index in [1.54, 1.807) is 0 Å². The first-order valence-corrected chi connectivity index (χ1v) is 10.1. The zero-order chi connectivity index (χ0) is 19.9. The Morgan fingerprint density at radius 1 is 1.11 bits per heavy atom. The topological polar surface area (TPSA) is 67.8 Å². The van der Waals surface area contributed by atoms with Crippen molar-refractivity contribution in [3.8, 4) is 0 Å². The fourth-order valence-electron chi connectivity index (χ4n) is 3.93. The number of nitrogen functional groups attached to an aromatic ring is 1. The van der Waals surface area contributed by atoms with Gasteiger partial charge in [0.05, 0.1) is 10.9 Å². The molecule has 3 heterocycles. The molecule has 0 amide bonds. The number of benzene rings is 1. The van der Waals surface area contributed by atoms with Gasteiger partial charge in [0.15, 0.2) is 0 Å². The van der Waals surface area contributed by atoms with Gasteiger partial charge in [0, 0.05) is 49.4 Å². The molecule has 0 radical (unpaired) electrons. The quantitative estimate of drug-likeness (QED) is 0.735. The van der Waals surface area contributed by atoms with E-state index in [0.717, 1.165) is 53.8 Å². The number of nitrogens with two attached hydrogens (primary N) is 1. The molecule has 28 heavy (non-hydrogen) atoms. The molecule has 1 saturated heterocycles. The summed E-state index contributed by atoms with van der Waals surface area (Å²) in [5.41, 5.74) is 9.25. The second-order valence-electron chi connectivity index (χ2n) is 8.44. The Morgan fingerprint density at radius 2 is 1.86 bits per heavy atom. The SMILES string of the molecule is CCOCc1cc2c(N)nc3ccc(N4CCN(C(C)(C)C)CC4)cc3c2o1. The number of rotatable bonds is 4. The molecule has 3 aromatic rings. The Bertz CT molecular complexity index is 982. The number of nitrogens with zero attached hydrogens (tertiary/aromatic N) is 3. The number of aromatic nitrogens is 1. The minimum absolute atomic E-state index is 0.216. The summed E-state index contributed by atoms with van der Waals surface area (Å²) in [7, 11) is 0. The van der Waals surface area contributed by atoms with Crippen LogP contribution in [0.15, 0.2) is 28.7 Å². The van der Waals surface area contributed by atoms with E-state index in [4.69, 9.17) is 14.9 Å². The van der Waals surface area contributed by atoms with E-state index in [1.165, 1.54) is 5.69 Å². The molecule has 6 heteroatoms. The third-order valence-corrected chi connectivity index (χ3v) is 5.57. The van der Waals surface area contributed by atoms with Crippen LogP contribution in [0.4, 0.5) is 11.5 Å². The third-order valence-electron chi connectivity index (χ3n) is 5.57. The first-order chi connectivity index (χ1) is 13.4. The number of piperazine rings is 1. The summed E-state index contributed by atoms with van der Waals surface area (Å²) in [5.74, 6) is 1.28. The van der Waals surface area contributed by atoms with Crippen molar-refractivity contribution in [1.29, 1.82) is 0 Å². The fraction of sp³-hybridized carbons (Fsp3) is 0.500. The summed E-state index contributed by atoms with van der Waals surface area (Å²) < 4.78 is 11.6. The Hall–Kier alpha value is -2.31. The average Bonchev–Trinajstić information content (AvgIpc) is 3.11. The van der Waals surface area contributed by atoms with Gasteiger partial charge in [-0.2, -0.15) is 0 Å². The summed E-state index contributed by atoms with van der Waals surface area (Å²) in [6.45, 7) is 14.1. The average molecular weight is 383 g/mol. The van der Waals surface area contributed by atoms with Gasteiger partial charge in [-0.05, 0) is 52.0 Å². The predicted molar refractivity (Wildman–Crippen MR) is 115 cm³/mol. The lowest BCUT2D eigenvalue weighted by Crippen LogP contribution is -2.53. The van der Waals surface area contributed by atoms with Gasteiger partial charge in [0.1, 0.15) is 23.8 Å². The van der Waals surface area contributed by atoms with Crippen LogP contribution in [0.3, 0.4) is 0 Å². The minimum Gasteiger partial charge on any atom is -0.458 e. The Kier molecular flexibility index (Phi) is 4.93. The molecule has 0 spiro atoms. The maximum atomic E-state index is 6.17. The molecule has 0 atom stereocenters. The third kappa shape index (κ3) is 3.54. The highest BCUT2D eigenvalue weighted by atomic mass is 16.5. The van der Waals surface area contributed by atoms with Crippen LogP contribution in [0, 0.1) is 0 Å². The van der Waals surface area contributed by atoms with Crippen molar-refractivity contribution >= 4 is 33.4 Å². The fourth-order valence-corrected chi connectivity index (χ4v) is 3.93. The summed E-state index contributed by atoms with van der Waals surface area (Å²) in [6, 6.07) is 8.31. The standard InChI is InChI=1S/C22H30N4O2/c1-5-27-14-16-13-18-20(28-16)17-12-15(6-7-19(17)24-21(18)23)25-8-10-26(11-9-25)22(2,3)4/h6-7,12-13H,5,8-11,14H2,1-4H3,(H2,23,24). The van der Waals surface area contributed by atoms with Crippen molar-refractivity contribution in [2.45, 2.75) is 39.8 Å². The van der Waals surface area contributed by atoms with Crippen LogP contribution >= 0.6 is 0 Å². The normalized spacial score (nSPS) is 16.4. The number of hydrogen-bond acceptors (Lipinski definition) is 6. The van der Waals surface area contributed by atoms with Crippen LogP contribution in [0.1, 0.15) is 33.5 Å². The van der Waals surface area contributed by atoms with Crippen LogP contribution in [-0.2, 0) is 11.3 Å². The second kappa shape index (κ2) is 7.26. The zero-order valence-electron chi connectivity index (χ0n) is 17.3. The van der Waals surface area contributed by atoms with Gasteiger partial charge in [0.25, 0.3) is 0 Å². The van der Waals surface area contributed by atoms with Crippen molar-refractivity contribution in [2.75, 3.05) is 43.4 Å². The monoisotopic (exact) mass is 382 g/mol. The molecule has 1 aromatic carbocycles. The van der Waals surface area contributed by atoms with Crippen LogP contribution in [0.2, 0.25) is 0 Å². The van der Waals surface area contributed by atoms with E-state index in [0.29, 0.717) is 19.0 Å². The molecule has 6 nitrogen and oxygen atoms in total. The molecule has 1 aliphatic heterocycles. The number of ether oxygens (including phenoxy) is 1. The molecule has 4 rings (SSSR count). The Labute approximate surface area is 166 Å². The predicted octanol–water partition coefficient (Wildman–Crippen LogP) is 4.02. The maximum Gasteiger partial charge on any atom is 0.147 e. The van der Waals surface area contributed by atoms with E-state index >= 15 is 0 Å². The molecule has 150 valence electrons. The number of pyridine rings is 1. The lowest BCUT2D eigenvalue weighted by Gasteiger charge is -2.43. The number of furan rings is 1. The molecule has 1 aliphatic rings. The van der Waals surface area contributed by atoms with Crippen molar-refractivity contribution < 1.29 is 9.15 Å². The molecule has 1 fully saturated rings. The summed E-state index contributed by atoms with van der Waals surface area (Å²) >= 11 is 0. The van der Waals surface area contributed by atoms with Crippen LogP contribution in [-0.4, -0.2) is 48.2 Å². The second-order valence-corrected chi connectivity index (χ2v) is 8.44. The molecule has 0 bridgehead atoms. The van der Waals surface area contributed by atoms with Gasteiger partial charge in [-0.3, -0.25) is 4.90 Å². The lowest BCUT2D eigenvalue weighted by molar-refractivity contribution is 0.119. The molecule has 2 N–H and O–H groups in total. The largest absolute Gasteiger partial charge is 0.458 e. The summed E-state index contributed by atoms with van der Waals surface area (Å²) in [5, 5.41) is 1.86. The van der Waals surface area contributed by atoms with Gasteiger partial charge in [-0.15, -0.1) is 0 Å². The highest BCUT2D eigenvalue weighted by Gasteiger charge is 2.26. The van der Waals surface area contributed by atoms with Gasteiger partial charge in [0.2, 0.25) is 0 Å². The van der Waals surface area contributed by atoms with Gasteiger partial charge >= 0.3 is 0 Å². The number of anilines is 2. The maximum absolute atomic E-state index is 6.17. The molecular formula is C22H30N4O2. The Morgan fingerprint density at radius 3 is 2.54 bits per heavy atom. The van der Waals surface area contributed by atoms with Crippen molar-refractivity contribution in [3.05, 3.63) is 30.0 Å². The zero-order valence-corrected chi connectivity index (χ0v) is 17.3. The lowest BCUT2D eigenvalue weighted by atomic mass is 10.0. The smallest absolute Gasteiger partial charge is 0.147 e. The number of hydrogen-bond donors (Lipinski definition) is 1. The molecular weight excluding hydrogens is 352 g/mol. The van der Waals surface area contributed by atoms with E-state index in [1.807, 2.05) is 19.1 Å². The molecule has 0 saturated carbocycles. The Balaban J connectivity index is 1.67. The van der Waals surface area contributed by atoms with E-state index in [-0.39, 0.29) is 5.54 Å². The van der Waals surface area contributed by atoms with Crippen molar-refractivity contribution in [3.63, 3.8) is 0 Å². The van der Waals surface area contributed by atoms with Gasteiger partial charge in [-0.1, -0.05) is 0 Å². The molecule has 2 aromatic heterocycles. The molecule has 0 aliphatic carbocycles. The van der Waals surface area contributed by atoms with Crippen LogP contribution in [0.25, 0.3) is 21.9 Å². The highest BCUT2D eigenvalue weighted by molar-refractivity contribution is 6.07. The minimum atomic E-state index is 0.216. The highest BCUT2D eigenvalue weighted by Crippen LogP contribution is 2.33. The number of fused-ring (bicyclic) bond motifs is 3. The molecule has 0 unspecified atom stereocenters. The van der Waals surface area contributed by atoms with E-state index in [2.05, 4.69) is 47.7 Å². The first kappa shape index (κ1) is 19.0. The van der Waals surface area contributed by atoms with Gasteiger partial charge in [-0.25, -0.2) is 4.98 Å². The van der Waals surface area contributed by atoms with Crippen molar-refractivity contribution in [2.24, 2.45) is 0 Å². The summed E-state index contributed by atoms with van der Waals surface area (Å²) in [4.78, 5) is 9.56. The van der Waals surface area contributed by atoms with E-state index in [9.17, 15) is 0 Å². The van der Waals surface area contributed by atoms with Crippen LogP contribution in [0.5, 0.6) is 0 Å². The first-order valence-electron chi connectivity index (χ1n) is 10.1. The summed E-state index contributed by atoms with van der Waals surface area (Å²) in [6.07, 6.45) is 0. The van der Waals surface area contributed by atoms with Crippen molar-refractivity contribution in [1.82, 2.24) is 9.88 Å². The van der Waals surface area contributed by atoms with Crippen LogP contribution < -0.4 is 10.6 Å². The van der Waals surface area contributed by atoms with E-state index < -0.39 is 0 Å². The van der Waals surface area contributed by atoms with Gasteiger partial charge < -0.3 is 19.8 Å².